The fourth-order valence-corrected chi connectivity index (χ4v) is 6.60. The molecule has 0 saturated carbocycles. The average molecular weight is 740 g/mol. The van der Waals surface area contributed by atoms with Gasteiger partial charge in [0.2, 0.25) is 0 Å². The van der Waals surface area contributed by atoms with Crippen LogP contribution in [0.1, 0.15) is 201 Å². The van der Waals surface area contributed by atoms with Crippen LogP contribution >= 0.6 is 12.2 Å². The van der Waals surface area contributed by atoms with Crippen LogP contribution in [0.2, 0.25) is 0 Å². The summed E-state index contributed by atoms with van der Waals surface area (Å²) in [6.07, 6.45) is 30.4. The van der Waals surface area contributed by atoms with Gasteiger partial charge in [-0.05, 0) is 102 Å². The number of esters is 2. The number of carbonyl (C=O) groups excluding carboxylic acids is 2. The second-order valence-electron chi connectivity index (χ2n) is 15.5. The molecule has 0 bridgehead atoms. The van der Waals surface area contributed by atoms with Crippen LogP contribution in [0.3, 0.4) is 0 Å². The number of rotatable bonds is 37. The highest BCUT2D eigenvalue weighted by molar-refractivity contribution is 7.80. The maximum Gasteiger partial charge on any atom is 0.306 e. The summed E-state index contributed by atoms with van der Waals surface area (Å²) in [7, 11) is 3.96. The number of nitrogens with one attached hydrogen (secondary N) is 1. The lowest BCUT2D eigenvalue weighted by Crippen LogP contribution is -2.36. The minimum absolute atomic E-state index is 0.0126. The van der Waals surface area contributed by atoms with Crippen LogP contribution in [0, 0.1) is 5.92 Å². The van der Waals surface area contributed by atoms with Crippen molar-refractivity contribution in [2.45, 2.75) is 207 Å². The van der Waals surface area contributed by atoms with Crippen molar-refractivity contribution in [1.82, 2.24) is 15.1 Å². The molecule has 0 saturated heterocycles. The van der Waals surface area contributed by atoms with Gasteiger partial charge in [0.15, 0.2) is 5.11 Å². The zero-order chi connectivity index (χ0) is 37.8. The van der Waals surface area contributed by atoms with E-state index >= 15 is 0 Å². The first kappa shape index (κ1) is 49.6. The van der Waals surface area contributed by atoms with E-state index in [0.29, 0.717) is 25.4 Å². The quantitative estimate of drug-likeness (QED) is 0.0384. The molecule has 0 aromatic heterocycles. The third-order valence-corrected chi connectivity index (χ3v) is 10.4. The molecule has 0 aliphatic carbocycles. The van der Waals surface area contributed by atoms with E-state index in [1.807, 2.05) is 19.0 Å². The summed E-state index contributed by atoms with van der Waals surface area (Å²) >= 11 is 5.39. The summed E-state index contributed by atoms with van der Waals surface area (Å²) in [4.78, 5) is 29.4. The second kappa shape index (κ2) is 36.9. The van der Waals surface area contributed by atoms with Crippen LogP contribution in [-0.4, -0.2) is 79.8 Å². The molecule has 2 unspecified atom stereocenters. The van der Waals surface area contributed by atoms with E-state index in [1.54, 1.807) is 0 Å². The zero-order valence-corrected chi connectivity index (χ0v) is 35.5. The third-order valence-electron chi connectivity index (χ3n) is 9.93. The van der Waals surface area contributed by atoms with Gasteiger partial charge in [-0.25, -0.2) is 0 Å². The largest absolute Gasteiger partial charge is 0.465 e. The zero-order valence-electron chi connectivity index (χ0n) is 34.7. The molecule has 2 atom stereocenters. The summed E-state index contributed by atoms with van der Waals surface area (Å²) in [6.45, 7) is 13.7. The first-order valence-corrected chi connectivity index (χ1v) is 22.2. The van der Waals surface area contributed by atoms with Gasteiger partial charge in [-0.3, -0.25) is 9.59 Å². The Labute approximate surface area is 322 Å². The molecule has 0 heterocycles. The number of carbonyl (C=O) groups is 2. The molecule has 7 nitrogen and oxygen atoms in total. The third kappa shape index (κ3) is 34.1. The minimum atomic E-state index is -0.0246. The maximum atomic E-state index is 12.6. The van der Waals surface area contributed by atoms with E-state index in [9.17, 15) is 9.59 Å². The molecule has 0 aliphatic rings. The van der Waals surface area contributed by atoms with Gasteiger partial charge >= 0.3 is 11.9 Å². The molecule has 0 aromatic carbocycles. The molecule has 0 aliphatic heterocycles. The first-order chi connectivity index (χ1) is 24.7. The molecule has 51 heavy (non-hydrogen) atoms. The molecule has 0 spiro atoms. The van der Waals surface area contributed by atoms with Gasteiger partial charge in [0, 0.05) is 33.5 Å². The number of ether oxygens (including phenoxy) is 2. The highest BCUT2D eigenvalue weighted by Gasteiger charge is 2.14. The van der Waals surface area contributed by atoms with Gasteiger partial charge < -0.3 is 24.6 Å². The van der Waals surface area contributed by atoms with Crippen LogP contribution in [-0.2, 0) is 19.1 Å². The lowest BCUT2D eigenvalue weighted by molar-refractivity contribution is -0.150. The molecule has 0 radical (unpaired) electrons. The Bertz CT molecular complexity index is 812. The molecule has 0 amide bonds. The number of thiocarbonyl (C=S) groups is 1. The molecule has 0 fully saturated rings. The highest BCUT2D eigenvalue weighted by Crippen LogP contribution is 2.17. The molecule has 8 heteroatoms. The summed E-state index contributed by atoms with van der Waals surface area (Å²) < 4.78 is 11.5. The number of unbranched alkanes of at least 4 members (excludes halogenated alkanes) is 16. The average Bonchev–Trinajstić information content (AvgIpc) is 3.11. The topological polar surface area (TPSA) is 71.1 Å². The molecule has 302 valence electrons. The minimum Gasteiger partial charge on any atom is -0.465 e. The van der Waals surface area contributed by atoms with Crippen molar-refractivity contribution in [3.8, 4) is 0 Å². The number of hydrogen-bond donors (Lipinski definition) is 1. The Kier molecular flexibility index (Phi) is 35.9. The van der Waals surface area contributed by atoms with E-state index in [0.717, 1.165) is 89.1 Å². The normalized spacial score (nSPS) is 12.5. The lowest BCUT2D eigenvalue weighted by atomic mass is 10.0. The van der Waals surface area contributed by atoms with Crippen LogP contribution in [0.25, 0.3) is 0 Å². The fraction of sp³-hybridized carbons (Fsp3) is 0.930. The van der Waals surface area contributed by atoms with Crippen molar-refractivity contribution >= 4 is 29.3 Å². The molecule has 0 aromatic rings. The van der Waals surface area contributed by atoms with E-state index in [2.05, 4.69) is 37.9 Å². The van der Waals surface area contributed by atoms with Gasteiger partial charge in [0.05, 0.1) is 6.61 Å². The van der Waals surface area contributed by atoms with Crippen LogP contribution < -0.4 is 5.32 Å². The van der Waals surface area contributed by atoms with Gasteiger partial charge in [0.25, 0.3) is 0 Å². The molecule has 1 N–H and O–H groups in total. The summed E-state index contributed by atoms with van der Waals surface area (Å²) in [5.74, 6) is 0.453. The fourth-order valence-electron chi connectivity index (χ4n) is 6.50. The van der Waals surface area contributed by atoms with E-state index in [1.165, 1.54) is 103 Å². The van der Waals surface area contributed by atoms with Crippen molar-refractivity contribution in [3.63, 3.8) is 0 Å². The van der Waals surface area contributed by atoms with Crippen molar-refractivity contribution in [3.05, 3.63) is 0 Å². The Hall–Kier alpha value is -1.41. The summed E-state index contributed by atoms with van der Waals surface area (Å²) in [5.41, 5.74) is 0. The molecule has 0 rings (SSSR count). The van der Waals surface area contributed by atoms with Crippen molar-refractivity contribution in [2.75, 3.05) is 46.9 Å². The second-order valence-corrected chi connectivity index (χ2v) is 15.8. The summed E-state index contributed by atoms with van der Waals surface area (Å²) in [5, 5.41) is 4.16. The van der Waals surface area contributed by atoms with E-state index < -0.39 is 0 Å². The lowest BCUT2D eigenvalue weighted by Gasteiger charge is -2.23. The van der Waals surface area contributed by atoms with E-state index in [-0.39, 0.29) is 18.0 Å². The first-order valence-electron chi connectivity index (χ1n) is 21.8. The van der Waals surface area contributed by atoms with Crippen molar-refractivity contribution in [1.29, 1.82) is 0 Å². The van der Waals surface area contributed by atoms with Crippen molar-refractivity contribution in [2.24, 2.45) is 5.92 Å². The SMILES string of the molecule is CCCCCCC(C)COC(=O)CCCCCCCN(CCCCCCCC(=O)OC(CCCCC)CCCCCC)CCCNC(=S)N(C)C. The van der Waals surface area contributed by atoms with Gasteiger partial charge in [-0.15, -0.1) is 0 Å². The Morgan fingerprint density at radius 1 is 0.588 bits per heavy atom. The van der Waals surface area contributed by atoms with Crippen LogP contribution in [0.5, 0.6) is 0 Å². The van der Waals surface area contributed by atoms with Crippen LogP contribution in [0.4, 0.5) is 0 Å². The smallest absolute Gasteiger partial charge is 0.306 e. The maximum absolute atomic E-state index is 12.6. The number of nitrogens with zero attached hydrogens (tertiary/aromatic N) is 2. The monoisotopic (exact) mass is 740 g/mol. The number of hydrogen-bond acceptors (Lipinski definition) is 6. The predicted octanol–water partition coefficient (Wildman–Crippen LogP) is 11.4. The predicted molar refractivity (Wildman–Crippen MR) is 222 cm³/mol. The summed E-state index contributed by atoms with van der Waals surface area (Å²) in [6, 6.07) is 0. The Balaban J connectivity index is 4.30. The van der Waals surface area contributed by atoms with Gasteiger partial charge in [0.1, 0.15) is 6.10 Å². The van der Waals surface area contributed by atoms with E-state index in [4.69, 9.17) is 21.7 Å². The Morgan fingerprint density at radius 3 is 1.61 bits per heavy atom. The highest BCUT2D eigenvalue weighted by atomic mass is 32.1. The van der Waals surface area contributed by atoms with Crippen molar-refractivity contribution < 1.29 is 19.1 Å². The van der Waals surface area contributed by atoms with Gasteiger partial charge in [-0.1, -0.05) is 124 Å². The molecular formula is C43H85N3O4S. The van der Waals surface area contributed by atoms with Gasteiger partial charge in [-0.2, -0.15) is 0 Å². The Morgan fingerprint density at radius 2 is 1.04 bits per heavy atom. The van der Waals surface area contributed by atoms with Crippen LogP contribution in [0.15, 0.2) is 0 Å². The standard InChI is InChI=1S/C43H85N3O4S/c1-7-10-13-22-29-39(4)38-49-41(47)32-24-17-15-19-26-35-46(37-28-34-44-43(51)45(5)6)36-27-20-16-18-25-33-42(48)50-40(30-21-12-9-3)31-23-14-11-8-2/h39-40H,7-38H2,1-6H3,(H,44,51). The molecular weight excluding hydrogens is 655 g/mol.